The molecule has 1 unspecified atom stereocenters. The van der Waals surface area contributed by atoms with Gasteiger partial charge in [0.15, 0.2) is 0 Å². The number of nitrogens with zero attached hydrogens (tertiary/aromatic N) is 4. The van der Waals surface area contributed by atoms with E-state index >= 15 is 0 Å². The minimum Gasteiger partial charge on any atom is -0.392 e. The van der Waals surface area contributed by atoms with Gasteiger partial charge in [0.2, 0.25) is 0 Å². The molecule has 1 atom stereocenters. The lowest BCUT2D eigenvalue weighted by atomic mass is 9.90. The molecule has 1 aromatic carbocycles. The summed E-state index contributed by atoms with van der Waals surface area (Å²) in [5.74, 6) is -0.837. The van der Waals surface area contributed by atoms with Crippen LogP contribution in [-0.4, -0.2) is 69.9 Å². The van der Waals surface area contributed by atoms with Crippen molar-refractivity contribution in [2.24, 2.45) is 0 Å². The number of hydrogen-bond donors (Lipinski definition) is 2. The first kappa shape index (κ1) is 25.6. The number of carbonyl (C=O) groups excluding carboxylic acids is 1. The number of β-amino-alcohol motifs (C(OH)–C–C–N with tert-alkyl or cyclic N) is 1. The standard InChI is InChI=1S/C22H31N5O2.C6H4F2/c28-19-8-11-26(15-19)17-5-3-16(4-6-17)24-22(29)20-14-23-27-12-7-18(13-21(20)27)25-9-1-2-10-25;7-5-1-2-6(8)4-3-5/h7,12-14,16-17,19,28H,1-6,8-11,15H2,(H,24,29);1-4H. The number of likely N-dealkylation sites (tertiary alicyclic amines) is 1. The van der Waals surface area contributed by atoms with Crippen molar-refractivity contribution in [1.29, 1.82) is 0 Å². The van der Waals surface area contributed by atoms with E-state index in [1.54, 1.807) is 10.7 Å². The number of hydrogen-bond acceptors (Lipinski definition) is 5. The summed E-state index contributed by atoms with van der Waals surface area (Å²) in [7, 11) is 0. The van der Waals surface area contributed by atoms with E-state index in [2.05, 4.69) is 32.3 Å². The molecule has 9 heteroatoms. The highest BCUT2D eigenvalue weighted by Gasteiger charge is 2.31. The van der Waals surface area contributed by atoms with Gasteiger partial charge >= 0.3 is 0 Å². The molecule has 37 heavy (non-hydrogen) atoms. The molecule has 0 spiro atoms. The van der Waals surface area contributed by atoms with Gasteiger partial charge in [0.1, 0.15) is 11.6 Å². The molecular formula is C28H35F2N5O2. The van der Waals surface area contributed by atoms with Gasteiger partial charge in [-0.2, -0.15) is 5.10 Å². The number of benzene rings is 1. The average Bonchev–Trinajstić information content (AvgIpc) is 3.67. The maximum atomic E-state index is 13.0. The van der Waals surface area contributed by atoms with Gasteiger partial charge in [-0.3, -0.25) is 9.69 Å². The summed E-state index contributed by atoms with van der Waals surface area (Å²) in [6, 6.07) is 9.28. The predicted octanol–water partition coefficient (Wildman–Crippen LogP) is 4.01. The van der Waals surface area contributed by atoms with Gasteiger partial charge in [0.05, 0.1) is 23.4 Å². The fourth-order valence-electron chi connectivity index (χ4n) is 5.69. The lowest BCUT2D eigenvalue weighted by Gasteiger charge is -2.34. The van der Waals surface area contributed by atoms with Crippen LogP contribution in [0.1, 0.15) is 55.3 Å². The summed E-state index contributed by atoms with van der Waals surface area (Å²) in [4.78, 5) is 17.8. The summed E-state index contributed by atoms with van der Waals surface area (Å²) in [6.07, 6.45) is 11.0. The van der Waals surface area contributed by atoms with E-state index in [1.165, 1.54) is 18.5 Å². The van der Waals surface area contributed by atoms with Gasteiger partial charge in [-0.05, 0) is 81.3 Å². The number of rotatable bonds is 4. The number of amides is 1. The van der Waals surface area contributed by atoms with Crippen LogP contribution in [0.4, 0.5) is 14.5 Å². The number of nitrogens with one attached hydrogen (secondary N) is 1. The van der Waals surface area contributed by atoms with Gasteiger partial charge in [-0.25, -0.2) is 13.3 Å². The van der Waals surface area contributed by atoms with E-state index in [0.717, 1.165) is 88.1 Å². The van der Waals surface area contributed by atoms with Crippen LogP contribution in [0.15, 0.2) is 48.8 Å². The highest BCUT2D eigenvalue weighted by molar-refractivity contribution is 6.01. The Labute approximate surface area is 216 Å². The number of fused-ring (bicyclic) bond motifs is 1. The third-order valence-corrected chi connectivity index (χ3v) is 7.77. The fraction of sp³-hybridized carbons (Fsp3) is 0.500. The van der Waals surface area contributed by atoms with Crippen molar-refractivity contribution in [2.75, 3.05) is 31.1 Å². The largest absolute Gasteiger partial charge is 0.392 e. The Hall–Kier alpha value is -3.04. The molecule has 2 N–H and O–H groups in total. The number of halogens is 2. The molecule has 2 saturated heterocycles. The van der Waals surface area contributed by atoms with Crippen molar-refractivity contribution in [1.82, 2.24) is 19.8 Å². The van der Waals surface area contributed by atoms with Gasteiger partial charge in [0.25, 0.3) is 5.91 Å². The Morgan fingerprint density at radius 1 is 0.946 bits per heavy atom. The van der Waals surface area contributed by atoms with Crippen molar-refractivity contribution < 1.29 is 18.7 Å². The molecule has 2 aliphatic heterocycles. The first-order chi connectivity index (χ1) is 18.0. The van der Waals surface area contributed by atoms with Gasteiger partial charge in [0, 0.05) is 50.1 Å². The molecule has 4 heterocycles. The highest BCUT2D eigenvalue weighted by atomic mass is 19.1. The first-order valence-electron chi connectivity index (χ1n) is 13.3. The molecule has 1 amide bonds. The Balaban J connectivity index is 0.000000301. The minimum absolute atomic E-state index is 0.0152. The summed E-state index contributed by atoms with van der Waals surface area (Å²) in [5, 5.41) is 17.4. The summed E-state index contributed by atoms with van der Waals surface area (Å²) in [5.41, 5.74) is 2.72. The van der Waals surface area contributed by atoms with Gasteiger partial charge in [-0.15, -0.1) is 0 Å². The smallest absolute Gasteiger partial charge is 0.255 e. The molecule has 198 valence electrons. The van der Waals surface area contributed by atoms with Crippen LogP contribution in [0.2, 0.25) is 0 Å². The predicted molar refractivity (Wildman–Crippen MR) is 139 cm³/mol. The van der Waals surface area contributed by atoms with Crippen LogP contribution in [0, 0.1) is 11.6 Å². The molecular weight excluding hydrogens is 476 g/mol. The van der Waals surface area contributed by atoms with E-state index in [9.17, 15) is 18.7 Å². The Bertz CT molecular complexity index is 1170. The molecule has 3 aromatic rings. The number of pyridine rings is 1. The van der Waals surface area contributed by atoms with E-state index in [0.29, 0.717) is 11.6 Å². The number of aliphatic hydroxyl groups excluding tert-OH is 1. The van der Waals surface area contributed by atoms with Crippen molar-refractivity contribution in [2.45, 2.75) is 63.1 Å². The Kier molecular flexibility index (Phi) is 8.00. The van der Waals surface area contributed by atoms with Crippen molar-refractivity contribution in [3.63, 3.8) is 0 Å². The second kappa shape index (κ2) is 11.6. The molecule has 0 bridgehead atoms. The second-order valence-electron chi connectivity index (χ2n) is 10.3. The molecule has 3 aliphatic rings. The van der Waals surface area contributed by atoms with Crippen LogP contribution in [0.3, 0.4) is 0 Å². The molecule has 0 radical (unpaired) electrons. The second-order valence-corrected chi connectivity index (χ2v) is 10.3. The summed E-state index contributed by atoms with van der Waals surface area (Å²) in [6.45, 7) is 3.99. The van der Waals surface area contributed by atoms with Crippen LogP contribution in [0.25, 0.3) is 5.52 Å². The normalized spacial score (nSPS) is 24.2. The zero-order valence-corrected chi connectivity index (χ0v) is 21.0. The SMILES string of the molecule is Fc1ccc(F)cc1.O=C(NC1CCC(N2CCC(O)C2)CC1)c1cnn2ccc(N3CCCC3)cc12. The molecule has 1 aliphatic carbocycles. The van der Waals surface area contributed by atoms with Crippen LogP contribution in [0.5, 0.6) is 0 Å². The van der Waals surface area contributed by atoms with Gasteiger partial charge in [-0.1, -0.05) is 0 Å². The van der Waals surface area contributed by atoms with Crippen LogP contribution < -0.4 is 10.2 Å². The van der Waals surface area contributed by atoms with Crippen molar-refractivity contribution in [3.8, 4) is 0 Å². The number of anilines is 1. The summed E-state index contributed by atoms with van der Waals surface area (Å²) >= 11 is 0. The maximum absolute atomic E-state index is 13.0. The van der Waals surface area contributed by atoms with Crippen molar-refractivity contribution >= 4 is 17.1 Å². The summed E-state index contributed by atoms with van der Waals surface area (Å²) < 4.78 is 25.6. The molecule has 6 rings (SSSR count). The maximum Gasteiger partial charge on any atom is 0.255 e. The van der Waals surface area contributed by atoms with Crippen LogP contribution in [-0.2, 0) is 0 Å². The van der Waals surface area contributed by atoms with E-state index in [4.69, 9.17) is 0 Å². The highest BCUT2D eigenvalue weighted by Crippen LogP contribution is 2.27. The number of aliphatic hydroxyl groups is 1. The van der Waals surface area contributed by atoms with Crippen LogP contribution >= 0.6 is 0 Å². The lowest BCUT2D eigenvalue weighted by Crippen LogP contribution is -2.43. The first-order valence-corrected chi connectivity index (χ1v) is 13.3. The molecule has 1 saturated carbocycles. The monoisotopic (exact) mass is 511 g/mol. The molecule has 2 aromatic heterocycles. The third kappa shape index (κ3) is 6.27. The zero-order chi connectivity index (χ0) is 25.8. The molecule has 7 nitrogen and oxygen atoms in total. The average molecular weight is 512 g/mol. The lowest BCUT2D eigenvalue weighted by molar-refractivity contribution is 0.0907. The quantitative estimate of drug-likeness (QED) is 0.554. The minimum atomic E-state index is -0.411. The Morgan fingerprint density at radius 3 is 2.24 bits per heavy atom. The Morgan fingerprint density at radius 2 is 1.62 bits per heavy atom. The third-order valence-electron chi connectivity index (χ3n) is 7.77. The zero-order valence-electron chi connectivity index (χ0n) is 21.0. The van der Waals surface area contributed by atoms with E-state index < -0.39 is 11.6 Å². The number of carbonyl (C=O) groups is 1. The van der Waals surface area contributed by atoms with Crippen molar-refractivity contribution in [3.05, 3.63) is 66.0 Å². The van der Waals surface area contributed by atoms with E-state index in [1.807, 2.05) is 6.20 Å². The topological polar surface area (TPSA) is 73.1 Å². The van der Waals surface area contributed by atoms with Gasteiger partial charge < -0.3 is 15.3 Å². The molecule has 3 fully saturated rings. The fourth-order valence-corrected chi connectivity index (χ4v) is 5.69. The number of aromatic nitrogens is 2. The van der Waals surface area contributed by atoms with E-state index in [-0.39, 0.29) is 18.1 Å².